The lowest BCUT2D eigenvalue weighted by atomic mass is 9.95. The lowest BCUT2D eigenvalue weighted by Crippen LogP contribution is -2.46. The molecule has 0 aliphatic carbocycles. The molecule has 0 aromatic carbocycles. The first-order valence-corrected chi connectivity index (χ1v) is 7.05. The molecule has 1 amide bonds. The summed E-state index contributed by atoms with van der Waals surface area (Å²) in [6.45, 7) is 5.14. The molecule has 0 aromatic heterocycles. The zero-order valence-corrected chi connectivity index (χ0v) is 11.8. The van der Waals surface area contributed by atoms with Crippen molar-refractivity contribution in [1.29, 1.82) is 0 Å². The average Bonchev–Trinajstić information content (AvgIpc) is 2.88. The number of rotatable bonds is 4. The maximum Gasteiger partial charge on any atom is 0.263 e. The van der Waals surface area contributed by atoms with E-state index in [4.69, 9.17) is 15.3 Å². The van der Waals surface area contributed by atoms with Crippen molar-refractivity contribution in [2.24, 2.45) is 11.8 Å². The number of nitrogens with one attached hydrogen (secondary N) is 1. The Morgan fingerprint density at radius 3 is 2.95 bits per heavy atom. The highest BCUT2D eigenvalue weighted by atomic mass is 16.5. The van der Waals surface area contributed by atoms with Crippen LogP contribution in [0.15, 0.2) is 0 Å². The van der Waals surface area contributed by atoms with Crippen LogP contribution < -0.4 is 11.3 Å². The van der Waals surface area contributed by atoms with Gasteiger partial charge in [-0.25, -0.2) is 5.84 Å². The molecule has 110 valence electrons. The second kappa shape index (κ2) is 6.65. The van der Waals surface area contributed by atoms with Crippen LogP contribution in [-0.2, 0) is 14.3 Å². The molecule has 6 heteroatoms. The van der Waals surface area contributed by atoms with Crippen molar-refractivity contribution in [3.8, 4) is 0 Å². The Labute approximate surface area is 114 Å². The number of carbonyl (C=O) groups is 1. The van der Waals surface area contributed by atoms with Crippen LogP contribution >= 0.6 is 0 Å². The van der Waals surface area contributed by atoms with Gasteiger partial charge in [-0.15, -0.1) is 0 Å². The second-order valence-corrected chi connectivity index (χ2v) is 5.63. The first-order chi connectivity index (χ1) is 9.13. The number of methoxy groups -OCH3 is 1. The Bertz CT molecular complexity index is 314. The normalized spacial score (nSPS) is 36.4. The molecule has 2 rings (SSSR count). The van der Waals surface area contributed by atoms with Crippen LogP contribution in [-0.4, -0.2) is 55.9 Å². The molecule has 0 aromatic rings. The maximum absolute atomic E-state index is 11.4. The molecule has 6 nitrogen and oxygen atoms in total. The number of carbonyl (C=O) groups excluding carboxylic acids is 1. The SMILES string of the molecule is COC1CN(CC2CCC(C(=O)NN)O2)CCC1C. The summed E-state index contributed by atoms with van der Waals surface area (Å²) in [5, 5.41) is 0. The third-order valence-corrected chi connectivity index (χ3v) is 4.28. The van der Waals surface area contributed by atoms with Gasteiger partial charge in [-0.1, -0.05) is 6.92 Å². The van der Waals surface area contributed by atoms with Gasteiger partial charge in [0.15, 0.2) is 0 Å². The molecule has 2 aliphatic rings. The number of piperidine rings is 1. The zero-order chi connectivity index (χ0) is 13.8. The largest absolute Gasteiger partial charge is 0.380 e. The monoisotopic (exact) mass is 271 g/mol. The summed E-state index contributed by atoms with van der Waals surface area (Å²) in [4.78, 5) is 13.8. The van der Waals surface area contributed by atoms with Crippen LogP contribution in [0.25, 0.3) is 0 Å². The topological polar surface area (TPSA) is 76.8 Å². The molecule has 2 aliphatic heterocycles. The Morgan fingerprint density at radius 2 is 2.26 bits per heavy atom. The minimum Gasteiger partial charge on any atom is -0.380 e. The predicted octanol–water partition coefficient (Wildman–Crippen LogP) is -0.119. The van der Waals surface area contributed by atoms with Crippen LogP contribution in [0.5, 0.6) is 0 Å². The molecule has 4 atom stereocenters. The molecule has 19 heavy (non-hydrogen) atoms. The van der Waals surface area contributed by atoms with Crippen molar-refractivity contribution in [3.05, 3.63) is 0 Å². The first kappa shape index (κ1) is 14.7. The van der Waals surface area contributed by atoms with Gasteiger partial charge in [0.05, 0.1) is 12.2 Å². The molecule has 0 bridgehead atoms. The lowest BCUT2D eigenvalue weighted by Gasteiger charge is -2.37. The molecule has 3 N–H and O–H groups in total. The summed E-state index contributed by atoms with van der Waals surface area (Å²) in [7, 11) is 1.78. The number of hydrogen-bond donors (Lipinski definition) is 2. The minimum absolute atomic E-state index is 0.133. The van der Waals surface area contributed by atoms with E-state index < -0.39 is 0 Å². The van der Waals surface area contributed by atoms with Gasteiger partial charge in [0.25, 0.3) is 5.91 Å². The van der Waals surface area contributed by atoms with E-state index in [0.717, 1.165) is 38.9 Å². The fourth-order valence-corrected chi connectivity index (χ4v) is 2.98. The fourth-order valence-electron chi connectivity index (χ4n) is 2.98. The number of hydrogen-bond acceptors (Lipinski definition) is 5. The Hall–Kier alpha value is -0.690. The highest BCUT2D eigenvalue weighted by Gasteiger charge is 2.33. The quantitative estimate of drug-likeness (QED) is 0.423. The van der Waals surface area contributed by atoms with Crippen LogP contribution in [0.4, 0.5) is 0 Å². The zero-order valence-electron chi connectivity index (χ0n) is 11.8. The third kappa shape index (κ3) is 3.66. The Balaban J connectivity index is 1.78. The van der Waals surface area contributed by atoms with E-state index in [1.165, 1.54) is 0 Å². The predicted molar refractivity (Wildman–Crippen MR) is 71.2 cm³/mol. The summed E-state index contributed by atoms with van der Waals surface area (Å²) in [5.74, 6) is 5.52. The summed E-state index contributed by atoms with van der Waals surface area (Å²) < 4.78 is 11.2. The van der Waals surface area contributed by atoms with Gasteiger partial charge in [-0.2, -0.15) is 0 Å². The van der Waals surface area contributed by atoms with Crippen molar-refractivity contribution in [1.82, 2.24) is 10.3 Å². The van der Waals surface area contributed by atoms with Gasteiger partial charge in [-0.3, -0.25) is 15.1 Å². The lowest BCUT2D eigenvalue weighted by molar-refractivity contribution is -0.132. The van der Waals surface area contributed by atoms with E-state index in [-0.39, 0.29) is 18.1 Å². The summed E-state index contributed by atoms with van der Waals surface area (Å²) >= 11 is 0. The van der Waals surface area contributed by atoms with E-state index in [9.17, 15) is 4.79 Å². The van der Waals surface area contributed by atoms with Crippen molar-refractivity contribution in [2.45, 2.75) is 44.5 Å². The second-order valence-electron chi connectivity index (χ2n) is 5.63. The van der Waals surface area contributed by atoms with Crippen LogP contribution in [0.1, 0.15) is 26.2 Å². The smallest absolute Gasteiger partial charge is 0.263 e. The van der Waals surface area contributed by atoms with Crippen LogP contribution in [0, 0.1) is 5.92 Å². The Kier molecular flexibility index (Phi) is 5.15. The molecule has 0 spiro atoms. The summed E-state index contributed by atoms with van der Waals surface area (Å²) in [6.07, 6.45) is 2.88. The number of likely N-dealkylation sites (tertiary alicyclic amines) is 1. The molecule has 2 saturated heterocycles. The molecule has 0 radical (unpaired) electrons. The number of nitrogens with two attached hydrogens (primary N) is 1. The Morgan fingerprint density at radius 1 is 1.47 bits per heavy atom. The van der Waals surface area contributed by atoms with E-state index in [1.54, 1.807) is 7.11 Å². The van der Waals surface area contributed by atoms with Gasteiger partial charge in [0.2, 0.25) is 0 Å². The van der Waals surface area contributed by atoms with Crippen molar-refractivity contribution in [2.75, 3.05) is 26.7 Å². The standard InChI is InChI=1S/C13H25N3O3/c1-9-5-6-16(8-12(9)18-2)7-10-3-4-11(19-10)13(17)15-14/h9-12H,3-8,14H2,1-2H3,(H,15,17). The van der Waals surface area contributed by atoms with Crippen molar-refractivity contribution in [3.63, 3.8) is 0 Å². The van der Waals surface area contributed by atoms with Gasteiger partial charge in [0, 0.05) is 20.2 Å². The highest BCUT2D eigenvalue weighted by Crippen LogP contribution is 2.24. The van der Waals surface area contributed by atoms with Gasteiger partial charge < -0.3 is 9.47 Å². The van der Waals surface area contributed by atoms with E-state index in [1.807, 2.05) is 0 Å². The maximum atomic E-state index is 11.4. The van der Waals surface area contributed by atoms with E-state index >= 15 is 0 Å². The minimum atomic E-state index is -0.378. The van der Waals surface area contributed by atoms with Gasteiger partial charge >= 0.3 is 0 Å². The first-order valence-electron chi connectivity index (χ1n) is 7.05. The van der Waals surface area contributed by atoms with E-state index in [2.05, 4.69) is 17.2 Å². The van der Waals surface area contributed by atoms with Crippen molar-refractivity contribution >= 4 is 5.91 Å². The van der Waals surface area contributed by atoms with Gasteiger partial charge in [-0.05, 0) is 31.7 Å². The van der Waals surface area contributed by atoms with Gasteiger partial charge in [0.1, 0.15) is 6.10 Å². The number of hydrazine groups is 1. The molecule has 4 unspecified atom stereocenters. The van der Waals surface area contributed by atoms with E-state index in [0.29, 0.717) is 12.0 Å². The number of ether oxygens (including phenoxy) is 2. The molecule has 2 fully saturated rings. The van der Waals surface area contributed by atoms with Crippen molar-refractivity contribution < 1.29 is 14.3 Å². The molecule has 0 saturated carbocycles. The molecule has 2 heterocycles. The molecular weight excluding hydrogens is 246 g/mol. The molecular formula is C13H25N3O3. The van der Waals surface area contributed by atoms with Crippen LogP contribution in [0.2, 0.25) is 0 Å². The fraction of sp³-hybridized carbons (Fsp3) is 0.923. The average molecular weight is 271 g/mol. The summed E-state index contributed by atoms with van der Waals surface area (Å²) in [6, 6.07) is 0. The van der Waals surface area contributed by atoms with Crippen LogP contribution in [0.3, 0.4) is 0 Å². The number of nitrogens with zero attached hydrogens (tertiary/aromatic N) is 1. The summed E-state index contributed by atoms with van der Waals surface area (Å²) in [5.41, 5.74) is 2.16. The third-order valence-electron chi connectivity index (χ3n) is 4.28. The number of amides is 1. The highest BCUT2D eigenvalue weighted by molar-refractivity contribution is 5.80.